The van der Waals surface area contributed by atoms with Crippen LogP contribution in [0.4, 0.5) is 5.69 Å². The standard InChI is InChI=1S/C19H15ClN2O/c20-16-9-11-18(12-10-16)23-19-8-4-5-15(13-19)14-21-22-17-6-2-1-3-7-17/h1-14,22H/b21-14+. The molecule has 4 heteroatoms. The number of hydrogen-bond donors (Lipinski definition) is 1. The van der Waals surface area contributed by atoms with Crippen LogP contribution < -0.4 is 10.2 Å². The van der Waals surface area contributed by atoms with Crippen molar-refractivity contribution in [3.8, 4) is 11.5 Å². The molecule has 3 nitrogen and oxygen atoms in total. The summed E-state index contributed by atoms with van der Waals surface area (Å²) < 4.78 is 5.80. The van der Waals surface area contributed by atoms with Crippen molar-refractivity contribution in [1.82, 2.24) is 0 Å². The summed E-state index contributed by atoms with van der Waals surface area (Å²) in [5, 5.41) is 4.91. The maximum absolute atomic E-state index is 5.87. The zero-order valence-electron chi connectivity index (χ0n) is 12.3. The molecular weight excluding hydrogens is 308 g/mol. The van der Waals surface area contributed by atoms with E-state index in [2.05, 4.69) is 10.5 Å². The van der Waals surface area contributed by atoms with Gasteiger partial charge in [0.05, 0.1) is 11.9 Å². The molecule has 0 fully saturated rings. The number of rotatable bonds is 5. The van der Waals surface area contributed by atoms with Gasteiger partial charge in [-0.25, -0.2) is 0 Å². The van der Waals surface area contributed by atoms with Crippen molar-refractivity contribution >= 4 is 23.5 Å². The van der Waals surface area contributed by atoms with Crippen molar-refractivity contribution in [3.63, 3.8) is 0 Å². The molecule has 3 aromatic rings. The summed E-state index contributed by atoms with van der Waals surface area (Å²) in [6.07, 6.45) is 1.75. The van der Waals surface area contributed by atoms with Gasteiger partial charge in [-0.1, -0.05) is 41.9 Å². The van der Waals surface area contributed by atoms with Gasteiger partial charge in [0.15, 0.2) is 0 Å². The highest BCUT2D eigenvalue weighted by Crippen LogP contribution is 2.23. The van der Waals surface area contributed by atoms with Crippen LogP contribution in [0.15, 0.2) is 84.0 Å². The second-order valence-corrected chi connectivity index (χ2v) is 5.30. The third-order valence-corrected chi connectivity index (χ3v) is 3.34. The highest BCUT2D eigenvalue weighted by molar-refractivity contribution is 6.30. The van der Waals surface area contributed by atoms with Gasteiger partial charge >= 0.3 is 0 Å². The largest absolute Gasteiger partial charge is 0.457 e. The predicted molar refractivity (Wildman–Crippen MR) is 95.6 cm³/mol. The molecule has 0 unspecified atom stereocenters. The lowest BCUT2D eigenvalue weighted by Gasteiger charge is -2.06. The van der Waals surface area contributed by atoms with E-state index in [-0.39, 0.29) is 0 Å². The van der Waals surface area contributed by atoms with E-state index in [1.54, 1.807) is 18.3 Å². The third kappa shape index (κ3) is 4.59. The number of halogens is 1. The molecule has 0 heterocycles. The molecule has 0 atom stereocenters. The van der Waals surface area contributed by atoms with Crippen LogP contribution in [0, 0.1) is 0 Å². The van der Waals surface area contributed by atoms with E-state index in [4.69, 9.17) is 16.3 Å². The highest BCUT2D eigenvalue weighted by Gasteiger charge is 1.98. The molecule has 0 radical (unpaired) electrons. The molecule has 0 aliphatic carbocycles. The SMILES string of the molecule is Clc1ccc(Oc2cccc(/C=N/Nc3ccccc3)c2)cc1. The summed E-state index contributed by atoms with van der Waals surface area (Å²) in [5.74, 6) is 1.49. The van der Waals surface area contributed by atoms with Crippen LogP contribution in [0.25, 0.3) is 0 Å². The molecule has 3 rings (SSSR count). The first-order chi connectivity index (χ1) is 11.3. The Labute approximate surface area is 140 Å². The fourth-order valence-corrected chi connectivity index (χ4v) is 2.12. The number of nitrogens with zero attached hydrogens (tertiary/aromatic N) is 1. The van der Waals surface area contributed by atoms with Crippen molar-refractivity contribution in [2.24, 2.45) is 5.10 Å². The van der Waals surface area contributed by atoms with Gasteiger partial charge in [-0.2, -0.15) is 5.10 Å². The van der Waals surface area contributed by atoms with Crippen LogP contribution in [0.5, 0.6) is 11.5 Å². The quantitative estimate of drug-likeness (QED) is 0.491. The predicted octanol–water partition coefficient (Wildman–Crippen LogP) is 5.58. The summed E-state index contributed by atoms with van der Waals surface area (Å²) >= 11 is 5.87. The molecule has 0 amide bonds. The second kappa shape index (κ2) is 7.47. The van der Waals surface area contributed by atoms with Gasteiger partial charge in [-0.15, -0.1) is 0 Å². The van der Waals surface area contributed by atoms with Crippen LogP contribution in [-0.2, 0) is 0 Å². The average molecular weight is 323 g/mol. The van der Waals surface area contributed by atoms with E-state index in [0.717, 1.165) is 22.7 Å². The Bertz CT molecular complexity index is 786. The van der Waals surface area contributed by atoms with E-state index < -0.39 is 0 Å². The van der Waals surface area contributed by atoms with Crippen LogP contribution in [0.1, 0.15) is 5.56 Å². The van der Waals surface area contributed by atoms with E-state index in [9.17, 15) is 0 Å². The first-order valence-corrected chi connectivity index (χ1v) is 7.55. The number of para-hydroxylation sites is 1. The lowest BCUT2D eigenvalue weighted by Crippen LogP contribution is -1.91. The molecular formula is C19H15ClN2O. The molecule has 0 saturated carbocycles. The van der Waals surface area contributed by atoms with Gasteiger partial charge in [0.2, 0.25) is 0 Å². The van der Waals surface area contributed by atoms with Crippen molar-refractivity contribution in [2.45, 2.75) is 0 Å². The average Bonchev–Trinajstić information content (AvgIpc) is 2.58. The minimum absolute atomic E-state index is 0.685. The van der Waals surface area contributed by atoms with Crippen LogP contribution in [0.2, 0.25) is 5.02 Å². The fourth-order valence-electron chi connectivity index (χ4n) is 1.99. The molecule has 0 spiro atoms. The van der Waals surface area contributed by atoms with Gasteiger partial charge in [-0.3, -0.25) is 5.43 Å². The smallest absolute Gasteiger partial charge is 0.128 e. The van der Waals surface area contributed by atoms with E-state index in [0.29, 0.717) is 5.02 Å². The molecule has 0 bridgehead atoms. The topological polar surface area (TPSA) is 33.6 Å². The minimum Gasteiger partial charge on any atom is -0.457 e. The Balaban J connectivity index is 1.66. The normalized spacial score (nSPS) is 10.7. The van der Waals surface area contributed by atoms with E-state index in [1.165, 1.54) is 0 Å². The van der Waals surface area contributed by atoms with Crippen LogP contribution in [-0.4, -0.2) is 6.21 Å². The second-order valence-electron chi connectivity index (χ2n) is 4.86. The summed E-state index contributed by atoms with van der Waals surface area (Å²) in [6, 6.07) is 24.8. The Morgan fingerprint density at radius 2 is 1.61 bits per heavy atom. The number of anilines is 1. The van der Waals surface area contributed by atoms with Crippen LogP contribution >= 0.6 is 11.6 Å². The lowest BCUT2D eigenvalue weighted by atomic mass is 10.2. The number of nitrogens with one attached hydrogen (secondary N) is 1. The Kier molecular flexibility index (Phi) is 4.92. The first kappa shape index (κ1) is 15.1. The first-order valence-electron chi connectivity index (χ1n) is 7.17. The Morgan fingerprint density at radius 1 is 0.826 bits per heavy atom. The van der Waals surface area contributed by atoms with Gasteiger partial charge in [0.1, 0.15) is 11.5 Å². The van der Waals surface area contributed by atoms with Crippen molar-refractivity contribution in [3.05, 3.63) is 89.4 Å². The Morgan fingerprint density at radius 3 is 2.39 bits per heavy atom. The summed E-state index contributed by atoms with van der Waals surface area (Å²) in [7, 11) is 0. The number of hydrazone groups is 1. The summed E-state index contributed by atoms with van der Waals surface area (Å²) in [6.45, 7) is 0. The minimum atomic E-state index is 0.685. The Hall–Kier alpha value is -2.78. The molecule has 0 aliphatic heterocycles. The van der Waals surface area contributed by atoms with Crippen molar-refractivity contribution in [1.29, 1.82) is 0 Å². The van der Waals surface area contributed by atoms with Crippen LogP contribution in [0.3, 0.4) is 0 Å². The zero-order valence-corrected chi connectivity index (χ0v) is 13.1. The number of ether oxygens (including phenoxy) is 1. The molecule has 23 heavy (non-hydrogen) atoms. The van der Waals surface area contributed by atoms with Crippen molar-refractivity contribution < 1.29 is 4.74 Å². The van der Waals surface area contributed by atoms with Gasteiger partial charge in [0, 0.05) is 5.02 Å². The number of benzene rings is 3. The summed E-state index contributed by atoms with van der Waals surface area (Å²) in [4.78, 5) is 0. The van der Waals surface area contributed by atoms with Gasteiger partial charge < -0.3 is 4.74 Å². The molecule has 0 aromatic heterocycles. The lowest BCUT2D eigenvalue weighted by molar-refractivity contribution is 0.482. The van der Waals surface area contributed by atoms with E-state index in [1.807, 2.05) is 66.7 Å². The van der Waals surface area contributed by atoms with Crippen molar-refractivity contribution in [2.75, 3.05) is 5.43 Å². The molecule has 114 valence electrons. The summed E-state index contributed by atoms with van der Waals surface area (Å²) in [5.41, 5.74) is 4.87. The monoisotopic (exact) mass is 322 g/mol. The number of hydrogen-bond acceptors (Lipinski definition) is 3. The maximum Gasteiger partial charge on any atom is 0.128 e. The third-order valence-electron chi connectivity index (χ3n) is 3.09. The van der Waals surface area contributed by atoms with Gasteiger partial charge in [-0.05, 0) is 54.1 Å². The van der Waals surface area contributed by atoms with E-state index >= 15 is 0 Å². The molecule has 3 aromatic carbocycles. The molecule has 0 aliphatic rings. The van der Waals surface area contributed by atoms with Gasteiger partial charge in [0.25, 0.3) is 0 Å². The maximum atomic E-state index is 5.87. The fraction of sp³-hybridized carbons (Fsp3) is 0. The molecule has 0 saturated heterocycles. The molecule has 1 N–H and O–H groups in total. The highest BCUT2D eigenvalue weighted by atomic mass is 35.5. The zero-order chi connectivity index (χ0) is 15.9.